The van der Waals surface area contributed by atoms with Gasteiger partial charge in [0.15, 0.2) is 5.11 Å². The van der Waals surface area contributed by atoms with E-state index in [1.165, 1.54) is 18.5 Å². The van der Waals surface area contributed by atoms with Crippen molar-refractivity contribution in [1.29, 1.82) is 0 Å². The van der Waals surface area contributed by atoms with Crippen molar-refractivity contribution in [2.75, 3.05) is 0 Å². The molecule has 0 fully saturated rings. The molecule has 9 heteroatoms. The van der Waals surface area contributed by atoms with Crippen LogP contribution in [0.4, 0.5) is 4.39 Å². The summed E-state index contributed by atoms with van der Waals surface area (Å²) in [6.07, 6.45) is 1.53. The van der Waals surface area contributed by atoms with Crippen molar-refractivity contribution >= 4 is 23.0 Å². The highest BCUT2D eigenvalue weighted by atomic mass is 32.1. The van der Waals surface area contributed by atoms with Gasteiger partial charge in [0, 0.05) is 6.54 Å². The standard InChI is InChI=1S/C17H16FN7S/c1-12(14-3-2-4-16(9-14)25-11-20-23-24-25)21-22-17(26)19-10-13-5-7-15(18)8-6-13/h2-9,11H,10H2,1H3,(H2,19,22,26)/b21-12-. The number of halogens is 1. The fourth-order valence-corrected chi connectivity index (χ4v) is 2.29. The van der Waals surface area contributed by atoms with E-state index in [-0.39, 0.29) is 5.82 Å². The molecular weight excluding hydrogens is 353 g/mol. The van der Waals surface area contributed by atoms with E-state index < -0.39 is 0 Å². The molecular formula is C17H16FN7S. The molecule has 0 aliphatic carbocycles. The van der Waals surface area contributed by atoms with Gasteiger partial charge in [0.1, 0.15) is 12.1 Å². The van der Waals surface area contributed by atoms with Crippen molar-refractivity contribution in [3.8, 4) is 5.69 Å². The van der Waals surface area contributed by atoms with E-state index in [9.17, 15) is 4.39 Å². The Bertz CT molecular complexity index is 907. The van der Waals surface area contributed by atoms with E-state index in [2.05, 4.69) is 31.4 Å². The monoisotopic (exact) mass is 369 g/mol. The lowest BCUT2D eigenvalue weighted by atomic mass is 10.1. The van der Waals surface area contributed by atoms with Gasteiger partial charge in [0.05, 0.1) is 11.4 Å². The first-order valence-electron chi connectivity index (χ1n) is 7.78. The van der Waals surface area contributed by atoms with Gasteiger partial charge in [0.25, 0.3) is 0 Å². The van der Waals surface area contributed by atoms with Gasteiger partial charge >= 0.3 is 0 Å². The fraction of sp³-hybridized carbons (Fsp3) is 0.118. The number of nitrogens with zero attached hydrogens (tertiary/aromatic N) is 5. The number of aromatic nitrogens is 4. The first-order valence-corrected chi connectivity index (χ1v) is 8.19. The number of tetrazole rings is 1. The molecule has 0 bridgehead atoms. The van der Waals surface area contributed by atoms with E-state index >= 15 is 0 Å². The fourth-order valence-electron chi connectivity index (χ4n) is 2.18. The Kier molecular flexibility index (Phi) is 5.59. The zero-order chi connectivity index (χ0) is 18.4. The third kappa shape index (κ3) is 4.67. The minimum absolute atomic E-state index is 0.265. The molecule has 0 saturated heterocycles. The zero-order valence-electron chi connectivity index (χ0n) is 13.9. The molecule has 1 aromatic heterocycles. The van der Waals surface area contributed by atoms with E-state index in [1.54, 1.807) is 16.8 Å². The Hall–Kier alpha value is -3.20. The van der Waals surface area contributed by atoms with Crippen LogP contribution >= 0.6 is 12.2 Å². The second-order valence-corrected chi connectivity index (χ2v) is 5.83. The summed E-state index contributed by atoms with van der Waals surface area (Å²) in [5.41, 5.74) is 6.22. The lowest BCUT2D eigenvalue weighted by molar-refractivity contribution is 0.626. The summed E-state index contributed by atoms with van der Waals surface area (Å²) in [7, 11) is 0. The van der Waals surface area contributed by atoms with Gasteiger partial charge in [-0.25, -0.2) is 9.07 Å². The maximum atomic E-state index is 12.9. The molecule has 3 aromatic rings. The first kappa shape index (κ1) is 17.6. The molecule has 132 valence electrons. The number of thiocarbonyl (C=S) groups is 1. The second kappa shape index (κ2) is 8.26. The Labute approximate surface area is 154 Å². The highest BCUT2D eigenvalue weighted by Crippen LogP contribution is 2.09. The number of hydrogen-bond donors (Lipinski definition) is 2. The van der Waals surface area contributed by atoms with Crippen LogP contribution in [0.1, 0.15) is 18.1 Å². The SMILES string of the molecule is C/C(=N/NC(=S)NCc1ccc(F)cc1)c1cccc(-n2cnnn2)c1. The largest absolute Gasteiger partial charge is 0.357 e. The van der Waals surface area contributed by atoms with Crippen molar-refractivity contribution in [3.63, 3.8) is 0 Å². The molecule has 0 spiro atoms. The molecule has 2 N–H and O–H groups in total. The van der Waals surface area contributed by atoms with Crippen LogP contribution in [0.15, 0.2) is 60.0 Å². The number of benzene rings is 2. The van der Waals surface area contributed by atoms with Crippen LogP contribution in [0.25, 0.3) is 5.69 Å². The topological polar surface area (TPSA) is 80.0 Å². The van der Waals surface area contributed by atoms with Crippen molar-refractivity contribution in [3.05, 3.63) is 71.8 Å². The molecule has 1 heterocycles. The summed E-state index contributed by atoms with van der Waals surface area (Å²) in [6.45, 7) is 2.35. The van der Waals surface area contributed by atoms with Gasteiger partial charge in [-0.05, 0) is 65.0 Å². The molecule has 0 atom stereocenters. The number of hydrazone groups is 1. The van der Waals surface area contributed by atoms with Crippen LogP contribution in [0.2, 0.25) is 0 Å². The van der Waals surface area contributed by atoms with Crippen molar-refractivity contribution in [2.45, 2.75) is 13.5 Å². The van der Waals surface area contributed by atoms with E-state index in [0.29, 0.717) is 11.7 Å². The molecule has 26 heavy (non-hydrogen) atoms. The summed E-state index contributed by atoms with van der Waals surface area (Å²) in [4.78, 5) is 0. The predicted molar refractivity (Wildman–Crippen MR) is 100 cm³/mol. The molecule has 0 unspecified atom stereocenters. The maximum absolute atomic E-state index is 12.9. The molecule has 0 amide bonds. The molecule has 0 aliphatic rings. The van der Waals surface area contributed by atoms with Crippen molar-refractivity contribution in [2.24, 2.45) is 5.10 Å². The maximum Gasteiger partial charge on any atom is 0.187 e. The Morgan fingerprint density at radius 2 is 2.04 bits per heavy atom. The highest BCUT2D eigenvalue weighted by molar-refractivity contribution is 7.80. The summed E-state index contributed by atoms with van der Waals surface area (Å²) in [6, 6.07) is 13.9. The minimum Gasteiger partial charge on any atom is -0.357 e. The first-order chi connectivity index (χ1) is 12.6. The number of hydrogen-bond acceptors (Lipinski definition) is 5. The van der Waals surface area contributed by atoms with Crippen LogP contribution in [0.3, 0.4) is 0 Å². The summed E-state index contributed by atoms with van der Waals surface area (Å²) >= 11 is 5.20. The van der Waals surface area contributed by atoms with Gasteiger partial charge < -0.3 is 5.32 Å². The Morgan fingerprint density at radius 1 is 1.23 bits per heavy atom. The van der Waals surface area contributed by atoms with Gasteiger partial charge in [-0.2, -0.15) is 5.10 Å². The molecule has 0 radical (unpaired) electrons. The molecule has 7 nitrogen and oxygen atoms in total. The summed E-state index contributed by atoms with van der Waals surface area (Å²) in [5, 5.41) is 18.8. The normalized spacial score (nSPS) is 11.2. The zero-order valence-corrected chi connectivity index (χ0v) is 14.7. The van der Waals surface area contributed by atoms with Gasteiger partial charge in [-0.1, -0.05) is 24.3 Å². The third-order valence-electron chi connectivity index (χ3n) is 3.57. The van der Waals surface area contributed by atoms with Gasteiger partial charge in [-0.15, -0.1) is 5.10 Å². The molecule has 0 saturated carbocycles. The highest BCUT2D eigenvalue weighted by Gasteiger charge is 2.03. The van der Waals surface area contributed by atoms with Crippen LogP contribution < -0.4 is 10.7 Å². The van der Waals surface area contributed by atoms with Gasteiger partial charge in [-0.3, -0.25) is 5.43 Å². The van der Waals surface area contributed by atoms with Crippen molar-refractivity contribution < 1.29 is 4.39 Å². The minimum atomic E-state index is -0.265. The van der Waals surface area contributed by atoms with Crippen LogP contribution in [0, 0.1) is 5.82 Å². The van der Waals surface area contributed by atoms with Crippen LogP contribution in [-0.4, -0.2) is 31.0 Å². The Morgan fingerprint density at radius 3 is 2.77 bits per heavy atom. The van der Waals surface area contributed by atoms with Crippen molar-refractivity contribution in [1.82, 2.24) is 30.9 Å². The lowest BCUT2D eigenvalue weighted by Gasteiger charge is -2.09. The Balaban J connectivity index is 1.58. The van der Waals surface area contributed by atoms with Gasteiger partial charge in [0.2, 0.25) is 0 Å². The second-order valence-electron chi connectivity index (χ2n) is 5.42. The lowest BCUT2D eigenvalue weighted by Crippen LogP contribution is -2.32. The van der Waals surface area contributed by atoms with Crippen LogP contribution in [-0.2, 0) is 6.54 Å². The number of rotatable bonds is 5. The van der Waals surface area contributed by atoms with E-state index in [4.69, 9.17) is 12.2 Å². The summed E-state index contributed by atoms with van der Waals surface area (Å²) < 4.78 is 14.5. The quantitative estimate of drug-likeness (QED) is 0.408. The number of nitrogens with one attached hydrogen (secondary N) is 2. The summed E-state index contributed by atoms with van der Waals surface area (Å²) in [5.74, 6) is -0.265. The average molecular weight is 369 g/mol. The molecule has 0 aliphatic heterocycles. The van der Waals surface area contributed by atoms with E-state index in [0.717, 1.165) is 22.5 Å². The average Bonchev–Trinajstić information content (AvgIpc) is 3.20. The smallest absolute Gasteiger partial charge is 0.187 e. The predicted octanol–water partition coefficient (Wildman–Crippen LogP) is 2.19. The molecule has 2 aromatic carbocycles. The van der Waals surface area contributed by atoms with E-state index in [1.807, 2.05) is 31.2 Å². The van der Waals surface area contributed by atoms with Crippen LogP contribution in [0.5, 0.6) is 0 Å². The molecule has 3 rings (SSSR count). The third-order valence-corrected chi connectivity index (χ3v) is 3.80.